The molecular formula is C30H36N8OS. The second-order valence-corrected chi connectivity index (χ2v) is 12.6. The highest BCUT2D eigenvalue weighted by Gasteiger charge is 2.52. The van der Waals surface area contributed by atoms with Crippen LogP contribution in [0.5, 0.6) is 0 Å². The number of thiazole rings is 1. The summed E-state index contributed by atoms with van der Waals surface area (Å²) in [7, 11) is 0. The number of carbonyl (C=O) groups excluding carboxylic acids is 1. The van der Waals surface area contributed by atoms with Crippen molar-refractivity contribution in [3.8, 4) is 0 Å². The van der Waals surface area contributed by atoms with Crippen LogP contribution >= 0.6 is 11.3 Å². The molecule has 0 spiro atoms. The van der Waals surface area contributed by atoms with Gasteiger partial charge >= 0.3 is 0 Å². The zero-order valence-corrected chi connectivity index (χ0v) is 24.0. The molecule has 3 aliphatic rings. The molecule has 1 aromatic carbocycles. The maximum Gasteiger partial charge on any atom is 0.230 e. The normalized spacial score (nSPS) is 19.9. The van der Waals surface area contributed by atoms with E-state index < -0.39 is 0 Å². The molecule has 1 amide bonds. The molecular weight excluding hydrogens is 520 g/mol. The lowest BCUT2D eigenvalue weighted by Crippen LogP contribution is -2.52. The van der Waals surface area contributed by atoms with Gasteiger partial charge in [0, 0.05) is 63.2 Å². The van der Waals surface area contributed by atoms with Gasteiger partial charge in [0.1, 0.15) is 17.8 Å². The fourth-order valence-corrected chi connectivity index (χ4v) is 6.89. The average molecular weight is 557 g/mol. The highest BCUT2D eigenvalue weighted by molar-refractivity contribution is 7.16. The van der Waals surface area contributed by atoms with Crippen molar-refractivity contribution in [2.45, 2.75) is 39.2 Å². The highest BCUT2D eigenvalue weighted by Crippen LogP contribution is 2.48. The van der Waals surface area contributed by atoms with Crippen LogP contribution in [-0.2, 0) is 4.79 Å². The summed E-state index contributed by atoms with van der Waals surface area (Å²) in [6, 6.07) is 8.87. The number of fused-ring (bicyclic) bond motifs is 2. The molecule has 0 bridgehead atoms. The lowest BCUT2D eigenvalue weighted by Gasteiger charge is -2.39. The van der Waals surface area contributed by atoms with E-state index in [2.05, 4.69) is 72.0 Å². The van der Waals surface area contributed by atoms with Crippen LogP contribution in [0.25, 0.3) is 26.8 Å². The first-order valence-corrected chi connectivity index (χ1v) is 15.2. The van der Waals surface area contributed by atoms with Crippen LogP contribution in [0.1, 0.15) is 38.8 Å². The van der Waals surface area contributed by atoms with Gasteiger partial charge in [-0.1, -0.05) is 6.08 Å². The van der Waals surface area contributed by atoms with Gasteiger partial charge in [-0.2, -0.15) is 0 Å². The number of aromatic nitrogens is 4. The van der Waals surface area contributed by atoms with E-state index in [1.807, 2.05) is 17.6 Å². The molecule has 5 heterocycles. The van der Waals surface area contributed by atoms with Gasteiger partial charge in [0.15, 0.2) is 0 Å². The Morgan fingerprint density at radius 1 is 1.10 bits per heavy atom. The Kier molecular flexibility index (Phi) is 6.56. The van der Waals surface area contributed by atoms with Crippen LogP contribution in [0.4, 0.5) is 11.5 Å². The van der Waals surface area contributed by atoms with Gasteiger partial charge < -0.3 is 15.2 Å². The van der Waals surface area contributed by atoms with Gasteiger partial charge in [-0.05, 0) is 62.9 Å². The first-order chi connectivity index (χ1) is 19.5. The number of anilines is 2. The molecule has 3 aromatic heterocycles. The Labute approximate surface area is 238 Å². The number of nitrogens with zero attached hydrogens (tertiary/aromatic N) is 6. The Hall–Kier alpha value is -3.34. The Morgan fingerprint density at radius 3 is 2.70 bits per heavy atom. The molecule has 4 aromatic rings. The molecule has 0 radical (unpaired) electrons. The van der Waals surface area contributed by atoms with Crippen molar-refractivity contribution >= 4 is 55.6 Å². The number of H-pyrrole nitrogens is 1. The number of hydrogen-bond donors (Lipinski definition) is 2. The van der Waals surface area contributed by atoms with Crippen molar-refractivity contribution < 1.29 is 4.79 Å². The van der Waals surface area contributed by atoms with Crippen LogP contribution in [0.15, 0.2) is 42.2 Å². The first kappa shape index (κ1) is 25.6. The van der Waals surface area contributed by atoms with E-state index in [-0.39, 0.29) is 5.41 Å². The SMILES string of the molecule is CC(C)N1CCN(CC2(C(=O)N3CC=C(c4cc5c(Nc6ccc7ncsc7c6)ncnc5[nH]4)CC3)CC2)CC1. The average Bonchev–Trinajstić information content (AvgIpc) is 3.38. The van der Waals surface area contributed by atoms with E-state index in [1.165, 1.54) is 5.57 Å². The van der Waals surface area contributed by atoms with Gasteiger partial charge in [0.05, 0.1) is 26.5 Å². The standard InChI is InChI=1S/C30H36N8OS/c1-20(2)37-13-11-36(12-14-37)17-30(7-8-30)29(39)38-9-5-21(6-10-38)25-16-23-27(31-18-32-28(23)35-25)34-22-3-4-24-26(15-22)40-19-33-24/h3-5,15-16,18-20H,6-14,17H2,1-2H3,(H2,31,32,34,35). The molecule has 40 heavy (non-hydrogen) atoms. The fraction of sp³-hybridized carbons (Fsp3) is 0.467. The maximum atomic E-state index is 13.6. The third kappa shape index (κ3) is 4.88. The van der Waals surface area contributed by atoms with Crippen molar-refractivity contribution in [2.75, 3.05) is 51.1 Å². The molecule has 208 valence electrons. The summed E-state index contributed by atoms with van der Waals surface area (Å²) in [5.41, 5.74) is 6.76. The Bertz CT molecular complexity index is 1580. The number of benzene rings is 1. The summed E-state index contributed by atoms with van der Waals surface area (Å²) in [5, 5.41) is 4.42. The predicted octanol–water partition coefficient (Wildman–Crippen LogP) is 4.73. The number of hydrogen-bond acceptors (Lipinski definition) is 8. The summed E-state index contributed by atoms with van der Waals surface area (Å²) in [6.45, 7) is 11.2. The fourth-order valence-electron chi connectivity index (χ4n) is 6.17. The second kappa shape index (κ2) is 10.2. The minimum absolute atomic E-state index is 0.162. The molecule has 9 nitrogen and oxygen atoms in total. The highest BCUT2D eigenvalue weighted by atomic mass is 32.1. The lowest BCUT2D eigenvalue weighted by atomic mass is 10.00. The number of nitrogens with one attached hydrogen (secondary N) is 2. The Morgan fingerprint density at radius 2 is 1.95 bits per heavy atom. The summed E-state index contributed by atoms with van der Waals surface area (Å²) in [5.74, 6) is 1.12. The zero-order valence-electron chi connectivity index (χ0n) is 23.2. The van der Waals surface area contributed by atoms with E-state index in [0.29, 0.717) is 18.5 Å². The first-order valence-electron chi connectivity index (χ1n) is 14.4. The van der Waals surface area contributed by atoms with Crippen molar-refractivity contribution in [1.82, 2.24) is 34.6 Å². The Balaban J connectivity index is 1.02. The largest absolute Gasteiger partial charge is 0.340 e. The summed E-state index contributed by atoms with van der Waals surface area (Å²) >= 11 is 1.63. The van der Waals surface area contributed by atoms with Crippen LogP contribution in [0.3, 0.4) is 0 Å². The minimum Gasteiger partial charge on any atom is -0.340 e. The van der Waals surface area contributed by atoms with Gasteiger partial charge in [-0.15, -0.1) is 11.3 Å². The molecule has 0 unspecified atom stereocenters. The molecule has 7 rings (SSSR count). The van der Waals surface area contributed by atoms with Crippen molar-refractivity contribution in [2.24, 2.45) is 5.41 Å². The number of rotatable bonds is 7. The molecule has 1 saturated carbocycles. The van der Waals surface area contributed by atoms with Crippen molar-refractivity contribution in [3.05, 3.63) is 47.9 Å². The van der Waals surface area contributed by atoms with E-state index in [4.69, 9.17) is 0 Å². The van der Waals surface area contributed by atoms with E-state index >= 15 is 0 Å². The zero-order chi connectivity index (χ0) is 27.3. The lowest BCUT2D eigenvalue weighted by molar-refractivity contribution is -0.137. The molecule has 10 heteroatoms. The van der Waals surface area contributed by atoms with Crippen LogP contribution < -0.4 is 5.32 Å². The molecule has 2 fully saturated rings. The van der Waals surface area contributed by atoms with Crippen LogP contribution in [0.2, 0.25) is 0 Å². The van der Waals surface area contributed by atoms with E-state index in [0.717, 1.165) is 97.0 Å². The topological polar surface area (TPSA) is 93.3 Å². The number of carbonyl (C=O) groups is 1. The second-order valence-electron chi connectivity index (χ2n) is 11.7. The number of piperazine rings is 1. The number of amides is 1. The van der Waals surface area contributed by atoms with Gasteiger partial charge in [0.2, 0.25) is 5.91 Å². The minimum atomic E-state index is -0.162. The quantitative estimate of drug-likeness (QED) is 0.340. The monoisotopic (exact) mass is 556 g/mol. The third-order valence-corrected chi connectivity index (χ3v) is 9.62. The predicted molar refractivity (Wildman–Crippen MR) is 161 cm³/mol. The van der Waals surface area contributed by atoms with Crippen LogP contribution in [0, 0.1) is 5.41 Å². The summed E-state index contributed by atoms with van der Waals surface area (Å²) in [6.07, 6.45) is 6.68. The summed E-state index contributed by atoms with van der Waals surface area (Å²) < 4.78 is 1.14. The smallest absolute Gasteiger partial charge is 0.230 e. The summed E-state index contributed by atoms with van der Waals surface area (Å²) in [4.78, 5) is 37.6. The molecule has 2 N–H and O–H groups in total. The van der Waals surface area contributed by atoms with Gasteiger partial charge in [-0.3, -0.25) is 14.6 Å². The van der Waals surface area contributed by atoms with Crippen molar-refractivity contribution in [1.29, 1.82) is 0 Å². The molecule has 1 saturated heterocycles. The third-order valence-electron chi connectivity index (χ3n) is 8.83. The number of aromatic amines is 1. The molecule has 0 atom stereocenters. The van der Waals surface area contributed by atoms with E-state index in [9.17, 15) is 4.79 Å². The van der Waals surface area contributed by atoms with Gasteiger partial charge in [-0.25, -0.2) is 15.0 Å². The molecule has 2 aliphatic heterocycles. The molecule has 1 aliphatic carbocycles. The van der Waals surface area contributed by atoms with E-state index in [1.54, 1.807) is 17.7 Å². The maximum absolute atomic E-state index is 13.6. The van der Waals surface area contributed by atoms with Crippen molar-refractivity contribution in [3.63, 3.8) is 0 Å². The van der Waals surface area contributed by atoms with Crippen LogP contribution in [-0.4, -0.2) is 92.4 Å². The van der Waals surface area contributed by atoms with Gasteiger partial charge in [0.25, 0.3) is 0 Å².